The van der Waals surface area contributed by atoms with Crippen molar-refractivity contribution in [1.29, 1.82) is 5.26 Å². The van der Waals surface area contributed by atoms with E-state index in [9.17, 15) is 9.65 Å². The maximum Gasteiger partial charge on any atom is 0.131 e. The van der Waals surface area contributed by atoms with Gasteiger partial charge in [-0.15, -0.1) is 0 Å². The molecule has 27 heavy (non-hydrogen) atoms. The Bertz CT molecular complexity index is 1140. The van der Waals surface area contributed by atoms with Gasteiger partial charge in [-0.25, -0.2) is 4.39 Å². The van der Waals surface area contributed by atoms with Gasteiger partial charge in [0.2, 0.25) is 0 Å². The highest BCUT2D eigenvalue weighted by Crippen LogP contribution is 2.46. The molecule has 1 aliphatic rings. The van der Waals surface area contributed by atoms with Crippen LogP contribution in [0.4, 0.5) is 10.2 Å². The highest BCUT2D eigenvalue weighted by Gasteiger charge is 2.31. The molecule has 3 aromatic rings. The summed E-state index contributed by atoms with van der Waals surface area (Å²) in [4.78, 5) is 4.56. The highest BCUT2D eigenvalue weighted by atomic mass is 79.9. The number of anilines is 1. The first kappa shape index (κ1) is 17.8. The van der Waals surface area contributed by atoms with Gasteiger partial charge < -0.3 is 10.5 Å². The molecule has 0 unspecified atom stereocenters. The third-order valence-corrected chi connectivity index (χ3v) is 6.01. The van der Waals surface area contributed by atoms with Crippen molar-refractivity contribution in [3.05, 3.63) is 44.9 Å². The molecule has 4 rings (SSSR count). The summed E-state index contributed by atoms with van der Waals surface area (Å²) < 4.78 is 22.5. The van der Waals surface area contributed by atoms with Gasteiger partial charge in [-0.1, -0.05) is 0 Å². The molecular formula is C20H18BrFN4O. The number of hydrogen-bond donors (Lipinski definition) is 1. The maximum atomic E-state index is 14.6. The van der Waals surface area contributed by atoms with E-state index in [1.54, 1.807) is 17.7 Å². The number of hydrogen-bond acceptors (Lipinski definition) is 4. The second-order valence-electron chi connectivity index (χ2n) is 6.86. The van der Waals surface area contributed by atoms with Crippen molar-refractivity contribution in [2.24, 2.45) is 0 Å². The van der Waals surface area contributed by atoms with Crippen LogP contribution in [0.15, 0.2) is 16.7 Å². The van der Waals surface area contributed by atoms with Crippen LogP contribution in [0.5, 0.6) is 5.75 Å². The van der Waals surface area contributed by atoms with Gasteiger partial charge in [-0.2, -0.15) is 5.26 Å². The Balaban J connectivity index is 2.18. The molecule has 7 heteroatoms. The highest BCUT2D eigenvalue weighted by molar-refractivity contribution is 9.10. The third kappa shape index (κ3) is 2.51. The van der Waals surface area contributed by atoms with Gasteiger partial charge in [0.25, 0.3) is 0 Å². The van der Waals surface area contributed by atoms with E-state index in [2.05, 4.69) is 27.0 Å². The zero-order chi connectivity index (χ0) is 19.5. The van der Waals surface area contributed by atoms with Gasteiger partial charge in [-0.3, -0.25) is 9.55 Å². The summed E-state index contributed by atoms with van der Waals surface area (Å²) >= 11 is 3.68. The minimum atomic E-state index is -0.389. The van der Waals surface area contributed by atoms with Gasteiger partial charge in [0.1, 0.15) is 29.0 Å². The minimum absolute atomic E-state index is 0.266. The molecule has 0 amide bonds. The molecule has 2 heterocycles. The number of methoxy groups -OCH3 is 1. The molecule has 2 N–H and O–H groups in total. The Morgan fingerprint density at radius 3 is 2.67 bits per heavy atom. The molecule has 2 aromatic heterocycles. The lowest BCUT2D eigenvalue weighted by molar-refractivity contribution is 0.407. The molecule has 0 atom stereocenters. The molecular weight excluding hydrogens is 411 g/mol. The number of fused-ring (bicyclic) bond motifs is 1. The molecule has 0 spiro atoms. The largest absolute Gasteiger partial charge is 0.496 e. The molecule has 1 fully saturated rings. The summed E-state index contributed by atoms with van der Waals surface area (Å²) in [5, 5.41) is 10.3. The van der Waals surface area contributed by atoms with Crippen molar-refractivity contribution in [3.63, 3.8) is 0 Å². The van der Waals surface area contributed by atoms with Crippen LogP contribution in [-0.2, 0) is 0 Å². The number of nitrogens with zero attached hydrogens (tertiary/aromatic N) is 3. The topological polar surface area (TPSA) is 76.9 Å². The van der Waals surface area contributed by atoms with Gasteiger partial charge >= 0.3 is 0 Å². The SMILES string of the molecule is COc1cc(F)c(C)c(-n2c(N)c(C#N)c3cnc(C4CC4)c(Br)c32)c1C. The Hall–Kier alpha value is -2.59. The fraction of sp³-hybridized carbons (Fsp3) is 0.300. The van der Waals surface area contributed by atoms with Gasteiger partial charge in [0.15, 0.2) is 0 Å². The number of aromatic nitrogens is 2. The number of pyridine rings is 1. The van der Waals surface area contributed by atoms with Gasteiger partial charge in [-0.05, 0) is 42.6 Å². The first-order valence-electron chi connectivity index (χ1n) is 8.63. The summed E-state index contributed by atoms with van der Waals surface area (Å²) in [5.74, 6) is 0.713. The fourth-order valence-corrected chi connectivity index (χ4v) is 4.46. The van der Waals surface area contributed by atoms with Crippen molar-refractivity contribution in [2.75, 3.05) is 12.8 Å². The monoisotopic (exact) mass is 428 g/mol. The lowest BCUT2D eigenvalue weighted by atomic mass is 10.1. The number of benzene rings is 1. The molecule has 0 saturated heterocycles. The van der Waals surface area contributed by atoms with Crippen LogP contribution in [0.1, 0.15) is 41.1 Å². The number of ether oxygens (including phenoxy) is 1. The van der Waals surface area contributed by atoms with Crippen LogP contribution in [0.2, 0.25) is 0 Å². The number of halogens is 2. The van der Waals surface area contributed by atoms with E-state index in [4.69, 9.17) is 10.5 Å². The van der Waals surface area contributed by atoms with Crippen LogP contribution in [0, 0.1) is 31.0 Å². The van der Waals surface area contributed by atoms with E-state index in [0.717, 1.165) is 34.1 Å². The second-order valence-corrected chi connectivity index (χ2v) is 7.65. The summed E-state index contributed by atoms with van der Waals surface area (Å²) in [5.41, 5.74) is 10.2. The third-order valence-electron chi connectivity index (χ3n) is 5.23. The van der Waals surface area contributed by atoms with Crippen LogP contribution < -0.4 is 10.5 Å². The first-order chi connectivity index (χ1) is 12.9. The summed E-state index contributed by atoms with van der Waals surface area (Å²) in [6, 6.07) is 3.54. The smallest absolute Gasteiger partial charge is 0.131 e. The van der Waals surface area contributed by atoms with E-state index >= 15 is 0 Å². The number of rotatable bonds is 3. The fourth-order valence-electron chi connectivity index (χ4n) is 3.64. The molecule has 1 aliphatic carbocycles. The van der Waals surface area contributed by atoms with Crippen molar-refractivity contribution < 1.29 is 9.13 Å². The quantitative estimate of drug-likeness (QED) is 0.644. The lowest BCUT2D eigenvalue weighted by Crippen LogP contribution is -2.08. The number of nitrogen functional groups attached to an aromatic ring is 1. The van der Waals surface area contributed by atoms with Crippen LogP contribution >= 0.6 is 15.9 Å². The zero-order valence-corrected chi connectivity index (χ0v) is 16.8. The van der Waals surface area contributed by atoms with Crippen LogP contribution in [-0.4, -0.2) is 16.7 Å². The van der Waals surface area contributed by atoms with Crippen molar-refractivity contribution in [2.45, 2.75) is 32.6 Å². The van der Waals surface area contributed by atoms with Crippen molar-refractivity contribution in [1.82, 2.24) is 9.55 Å². The van der Waals surface area contributed by atoms with E-state index < -0.39 is 0 Å². The molecule has 138 valence electrons. The average Bonchev–Trinajstić information content (AvgIpc) is 3.44. The minimum Gasteiger partial charge on any atom is -0.496 e. The molecule has 1 aromatic carbocycles. The predicted molar refractivity (Wildman–Crippen MR) is 106 cm³/mol. The standard InChI is InChI=1S/C20H18BrFN4O/c1-9-14(22)6-15(27-3)10(2)18(9)26-19-13(12(7-23)20(26)24)8-25-17(16(19)21)11-4-5-11/h6,8,11H,4-5,24H2,1-3H3. The lowest BCUT2D eigenvalue weighted by Gasteiger charge is -2.18. The molecule has 5 nitrogen and oxygen atoms in total. The number of nitriles is 1. The maximum absolute atomic E-state index is 14.6. The summed E-state index contributed by atoms with van der Waals surface area (Å²) in [6.45, 7) is 3.56. The van der Waals surface area contributed by atoms with Crippen molar-refractivity contribution in [3.8, 4) is 17.5 Å². The predicted octanol–water partition coefficient (Wildman–Crippen LogP) is 4.88. The Morgan fingerprint density at radius 1 is 1.37 bits per heavy atom. The Kier molecular flexibility index (Phi) is 4.11. The van der Waals surface area contributed by atoms with Gasteiger partial charge in [0, 0.05) is 34.7 Å². The van der Waals surface area contributed by atoms with E-state index in [0.29, 0.717) is 33.9 Å². The average molecular weight is 429 g/mol. The van der Waals surface area contributed by atoms with Crippen LogP contribution in [0.3, 0.4) is 0 Å². The van der Waals surface area contributed by atoms with Crippen molar-refractivity contribution >= 4 is 32.7 Å². The molecule has 0 radical (unpaired) electrons. The van der Waals surface area contributed by atoms with E-state index in [-0.39, 0.29) is 11.6 Å². The van der Waals surface area contributed by atoms with Crippen LogP contribution in [0.25, 0.3) is 16.6 Å². The molecule has 0 aliphatic heterocycles. The van der Waals surface area contributed by atoms with E-state index in [1.165, 1.54) is 13.2 Å². The number of nitrogens with two attached hydrogens (primary N) is 1. The summed E-state index contributed by atoms with van der Waals surface area (Å²) in [7, 11) is 1.50. The second kappa shape index (κ2) is 6.24. The normalized spacial score (nSPS) is 13.8. The Labute approximate surface area is 164 Å². The summed E-state index contributed by atoms with van der Waals surface area (Å²) in [6.07, 6.45) is 3.87. The zero-order valence-electron chi connectivity index (χ0n) is 15.2. The van der Waals surface area contributed by atoms with Gasteiger partial charge in [0.05, 0.1) is 28.5 Å². The molecule has 0 bridgehead atoms. The first-order valence-corrected chi connectivity index (χ1v) is 9.42. The van der Waals surface area contributed by atoms with E-state index in [1.807, 2.05) is 6.92 Å². The Morgan fingerprint density at radius 2 is 2.07 bits per heavy atom. The molecule has 1 saturated carbocycles.